The first-order valence-electron chi connectivity index (χ1n) is 9.31. The number of rotatable bonds is 3. The summed E-state index contributed by atoms with van der Waals surface area (Å²) >= 11 is 0. The predicted octanol–water partition coefficient (Wildman–Crippen LogP) is 2.16. The van der Waals surface area contributed by atoms with Crippen LogP contribution in [-0.4, -0.2) is 65.2 Å². The van der Waals surface area contributed by atoms with Gasteiger partial charge < -0.3 is 19.2 Å². The molecule has 2 heterocycles. The number of nitrogens with zero attached hydrogens (tertiary/aromatic N) is 2. The van der Waals surface area contributed by atoms with Crippen molar-refractivity contribution in [1.29, 1.82) is 0 Å². The third-order valence-electron chi connectivity index (χ3n) is 4.92. The van der Waals surface area contributed by atoms with Crippen molar-refractivity contribution in [2.75, 3.05) is 20.2 Å². The molecule has 1 fully saturated rings. The first kappa shape index (κ1) is 20.8. The summed E-state index contributed by atoms with van der Waals surface area (Å²) in [7, 11) is 1.35. The van der Waals surface area contributed by atoms with Gasteiger partial charge in [-0.25, -0.2) is 9.59 Å². The molecule has 0 radical (unpaired) electrons. The standard InChI is InChI=1S/C20H24N2O7/c1-19(2,3)28-18(26)21-11-9-20(27-4,10-12-21)17(25)29-22-15(23)13-7-5-6-8-14(13)16(22)24/h5-8H,9-12H2,1-4H3. The molecule has 0 saturated carbocycles. The lowest BCUT2D eigenvalue weighted by Crippen LogP contribution is -2.54. The number of likely N-dealkylation sites (tertiary alicyclic amines) is 1. The van der Waals surface area contributed by atoms with Crippen LogP contribution in [0.25, 0.3) is 0 Å². The third-order valence-corrected chi connectivity index (χ3v) is 4.92. The molecule has 0 bridgehead atoms. The van der Waals surface area contributed by atoms with Crippen molar-refractivity contribution >= 4 is 23.9 Å². The molecule has 2 aliphatic heterocycles. The second kappa shape index (κ2) is 7.47. The number of piperidine rings is 1. The number of benzene rings is 1. The SMILES string of the molecule is COC1(C(=O)ON2C(=O)c3ccccc3C2=O)CCN(C(=O)OC(C)(C)C)CC1. The van der Waals surface area contributed by atoms with Crippen LogP contribution in [0.1, 0.15) is 54.3 Å². The van der Waals surface area contributed by atoms with Gasteiger partial charge in [0.2, 0.25) is 0 Å². The second-order valence-corrected chi connectivity index (χ2v) is 7.99. The molecule has 156 valence electrons. The van der Waals surface area contributed by atoms with Gasteiger partial charge in [0.25, 0.3) is 11.8 Å². The van der Waals surface area contributed by atoms with Crippen molar-refractivity contribution in [3.8, 4) is 0 Å². The summed E-state index contributed by atoms with van der Waals surface area (Å²) in [5.74, 6) is -2.24. The van der Waals surface area contributed by atoms with Crippen LogP contribution in [0.4, 0.5) is 4.79 Å². The van der Waals surface area contributed by atoms with Crippen LogP contribution in [0, 0.1) is 0 Å². The van der Waals surface area contributed by atoms with Gasteiger partial charge in [-0.05, 0) is 32.9 Å². The number of carbonyl (C=O) groups excluding carboxylic acids is 4. The molecule has 9 heteroatoms. The van der Waals surface area contributed by atoms with E-state index in [9.17, 15) is 19.2 Å². The van der Waals surface area contributed by atoms with Gasteiger partial charge in [0.05, 0.1) is 11.1 Å². The molecule has 3 rings (SSSR count). The van der Waals surface area contributed by atoms with E-state index in [0.717, 1.165) is 0 Å². The van der Waals surface area contributed by atoms with Gasteiger partial charge in [0.15, 0.2) is 5.60 Å². The molecule has 0 N–H and O–H groups in total. The number of hydrogen-bond acceptors (Lipinski definition) is 7. The minimum atomic E-state index is -1.37. The van der Waals surface area contributed by atoms with E-state index in [1.165, 1.54) is 24.1 Å². The highest BCUT2D eigenvalue weighted by molar-refractivity contribution is 6.21. The topological polar surface area (TPSA) is 102 Å². The summed E-state index contributed by atoms with van der Waals surface area (Å²) < 4.78 is 10.8. The Balaban J connectivity index is 1.67. The Kier molecular flexibility index (Phi) is 5.36. The highest BCUT2D eigenvalue weighted by Crippen LogP contribution is 2.30. The van der Waals surface area contributed by atoms with E-state index in [4.69, 9.17) is 14.3 Å². The number of ether oxygens (including phenoxy) is 2. The number of amides is 3. The van der Waals surface area contributed by atoms with Gasteiger partial charge in [-0.2, -0.15) is 0 Å². The van der Waals surface area contributed by atoms with Crippen LogP contribution < -0.4 is 0 Å². The minimum absolute atomic E-state index is 0.144. The molecule has 2 aliphatic rings. The highest BCUT2D eigenvalue weighted by Gasteiger charge is 2.48. The Morgan fingerprint density at radius 3 is 1.97 bits per heavy atom. The monoisotopic (exact) mass is 404 g/mol. The fourth-order valence-corrected chi connectivity index (χ4v) is 3.28. The van der Waals surface area contributed by atoms with Gasteiger partial charge in [0.1, 0.15) is 5.60 Å². The number of hydrogen-bond donors (Lipinski definition) is 0. The maximum Gasteiger partial charge on any atom is 0.410 e. The van der Waals surface area contributed by atoms with Gasteiger partial charge >= 0.3 is 12.1 Å². The number of methoxy groups -OCH3 is 1. The number of imide groups is 1. The van der Waals surface area contributed by atoms with E-state index in [1.807, 2.05) is 0 Å². The van der Waals surface area contributed by atoms with E-state index in [-0.39, 0.29) is 37.1 Å². The fraction of sp³-hybridized carbons (Fsp3) is 0.500. The quantitative estimate of drug-likeness (QED) is 0.711. The summed E-state index contributed by atoms with van der Waals surface area (Å²) in [5, 5.41) is 0.466. The molecule has 29 heavy (non-hydrogen) atoms. The van der Waals surface area contributed by atoms with Gasteiger partial charge in [-0.3, -0.25) is 9.59 Å². The fourth-order valence-electron chi connectivity index (χ4n) is 3.28. The maximum atomic E-state index is 12.8. The molecular formula is C20H24N2O7. The van der Waals surface area contributed by atoms with Crippen LogP contribution >= 0.6 is 0 Å². The predicted molar refractivity (Wildman–Crippen MR) is 99.8 cm³/mol. The molecule has 1 aromatic carbocycles. The van der Waals surface area contributed by atoms with Crippen molar-refractivity contribution in [3.63, 3.8) is 0 Å². The van der Waals surface area contributed by atoms with E-state index in [0.29, 0.717) is 5.06 Å². The zero-order valence-corrected chi connectivity index (χ0v) is 16.9. The first-order chi connectivity index (χ1) is 13.6. The Morgan fingerprint density at radius 1 is 1.00 bits per heavy atom. The van der Waals surface area contributed by atoms with Crippen LogP contribution in [0.15, 0.2) is 24.3 Å². The van der Waals surface area contributed by atoms with Crippen LogP contribution in [0.2, 0.25) is 0 Å². The molecule has 0 aliphatic carbocycles. The average molecular weight is 404 g/mol. The van der Waals surface area contributed by atoms with Crippen molar-refractivity contribution < 1.29 is 33.5 Å². The Labute approximate surface area is 168 Å². The van der Waals surface area contributed by atoms with E-state index < -0.39 is 35.1 Å². The van der Waals surface area contributed by atoms with Crippen molar-refractivity contribution in [2.24, 2.45) is 0 Å². The number of fused-ring (bicyclic) bond motifs is 1. The van der Waals surface area contributed by atoms with Crippen LogP contribution in [-0.2, 0) is 19.1 Å². The van der Waals surface area contributed by atoms with Gasteiger partial charge in [-0.15, -0.1) is 0 Å². The minimum Gasteiger partial charge on any atom is -0.444 e. The average Bonchev–Trinajstić information content (AvgIpc) is 2.92. The zero-order valence-electron chi connectivity index (χ0n) is 16.9. The number of hydroxylamine groups is 2. The summed E-state index contributed by atoms with van der Waals surface area (Å²) in [6.45, 7) is 5.73. The Hall–Kier alpha value is -2.94. The maximum absolute atomic E-state index is 12.8. The van der Waals surface area contributed by atoms with Crippen LogP contribution in [0.5, 0.6) is 0 Å². The van der Waals surface area contributed by atoms with E-state index in [2.05, 4.69) is 0 Å². The van der Waals surface area contributed by atoms with Gasteiger partial charge in [0, 0.05) is 33.0 Å². The summed E-state index contributed by atoms with van der Waals surface area (Å²) in [5.41, 5.74) is -1.64. The molecule has 0 aromatic heterocycles. The van der Waals surface area contributed by atoms with Crippen molar-refractivity contribution in [3.05, 3.63) is 35.4 Å². The summed E-state index contributed by atoms with van der Waals surface area (Å²) in [4.78, 5) is 56.5. The largest absolute Gasteiger partial charge is 0.444 e. The van der Waals surface area contributed by atoms with Crippen molar-refractivity contribution in [1.82, 2.24) is 9.96 Å². The molecule has 1 saturated heterocycles. The molecule has 0 atom stereocenters. The summed E-state index contributed by atoms with van der Waals surface area (Å²) in [6, 6.07) is 6.24. The molecular weight excluding hydrogens is 380 g/mol. The first-order valence-corrected chi connectivity index (χ1v) is 9.31. The Bertz CT molecular complexity index is 816. The lowest BCUT2D eigenvalue weighted by atomic mass is 9.91. The van der Waals surface area contributed by atoms with Crippen molar-refractivity contribution in [2.45, 2.75) is 44.8 Å². The molecule has 0 spiro atoms. The van der Waals surface area contributed by atoms with Gasteiger partial charge in [-0.1, -0.05) is 17.2 Å². The molecule has 9 nitrogen and oxygen atoms in total. The normalized spacial score (nSPS) is 18.5. The third kappa shape index (κ3) is 3.95. The van der Waals surface area contributed by atoms with E-state index in [1.54, 1.807) is 32.9 Å². The van der Waals surface area contributed by atoms with E-state index >= 15 is 0 Å². The smallest absolute Gasteiger partial charge is 0.410 e. The Morgan fingerprint density at radius 2 is 1.52 bits per heavy atom. The second-order valence-electron chi connectivity index (χ2n) is 7.99. The molecule has 0 unspecified atom stereocenters. The summed E-state index contributed by atoms with van der Waals surface area (Å²) in [6.07, 6.45) is -0.189. The lowest BCUT2D eigenvalue weighted by Gasteiger charge is -2.39. The molecule has 1 aromatic rings. The molecule has 3 amide bonds. The lowest BCUT2D eigenvalue weighted by molar-refractivity contribution is -0.198. The van der Waals surface area contributed by atoms with Crippen LogP contribution in [0.3, 0.4) is 0 Å². The zero-order chi connectivity index (χ0) is 21.4. The highest BCUT2D eigenvalue weighted by atomic mass is 16.7. The number of carbonyl (C=O) groups is 4.